The van der Waals surface area contributed by atoms with Crippen molar-refractivity contribution in [3.8, 4) is 0 Å². The van der Waals surface area contributed by atoms with Crippen LogP contribution in [-0.2, 0) is 139 Å². The molecular formula is C84H113Br3N6O31S3. The number of rotatable bonds is 20. The number of nitrogens with zero attached hydrogens (tertiary/aromatic N) is 2. The van der Waals surface area contributed by atoms with Crippen molar-refractivity contribution in [2.24, 2.45) is 0 Å². The first-order valence-electron chi connectivity index (χ1n) is 39.3. The highest BCUT2D eigenvalue weighted by Gasteiger charge is 2.70. The minimum Gasteiger partial charge on any atom is -0.460 e. The Labute approximate surface area is 774 Å². The van der Waals surface area contributed by atoms with Crippen molar-refractivity contribution in [3.63, 3.8) is 0 Å². The van der Waals surface area contributed by atoms with E-state index in [1.165, 1.54) is 27.7 Å². The molecule has 10 N–H and O–H groups in total. The van der Waals surface area contributed by atoms with Crippen LogP contribution in [0.4, 0.5) is 0 Å². The van der Waals surface area contributed by atoms with Crippen molar-refractivity contribution in [1.82, 2.24) is 31.1 Å². The average molecular weight is 2040 g/mol. The summed E-state index contributed by atoms with van der Waals surface area (Å²) in [7, 11) is 0. The Morgan fingerprint density at radius 1 is 0.480 bits per heavy atom. The summed E-state index contributed by atoms with van der Waals surface area (Å²) in [5.41, 5.74) is -7.07. The number of benzene rings is 3. The van der Waals surface area contributed by atoms with Gasteiger partial charge in [-0.1, -0.05) is 139 Å². The number of Topliss-reactive ketones (excluding diaryl/α,β-unsaturated/α-hetero) is 5. The number of aliphatic hydroxyl groups is 6. The first-order chi connectivity index (χ1) is 57.7. The molecule has 6 heterocycles. The van der Waals surface area contributed by atoms with Crippen molar-refractivity contribution in [2.45, 2.75) is 300 Å². The molecule has 0 aliphatic carbocycles. The van der Waals surface area contributed by atoms with E-state index in [4.69, 9.17) is 23.7 Å². The van der Waals surface area contributed by atoms with Crippen LogP contribution in [0.2, 0.25) is 0 Å². The molecule has 0 aromatic heterocycles. The Balaban J connectivity index is 0.000000396. The van der Waals surface area contributed by atoms with Crippen LogP contribution in [0.15, 0.2) is 91.0 Å². The molecule has 0 saturated carbocycles. The second-order valence-corrected chi connectivity index (χ2v) is 42.2. The Morgan fingerprint density at radius 2 is 0.764 bits per heavy atom. The van der Waals surface area contributed by atoms with Crippen LogP contribution in [0, 0.1) is 0 Å². The lowest BCUT2D eigenvalue weighted by molar-refractivity contribution is -0.231. The lowest BCUT2D eigenvalue weighted by Crippen LogP contribution is -2.82. The zero-order chi connectivity index (χ0) is 98.0. The third-order valence-corrected chi connectivity index (χ3v) is 21.2. The molecule has 37 nitrogen and oxygen atoms in total. The van der Waals surface area contributed by atoms with Gasteiger partial charge in [-0.05, 0) is 155 Å². The SMILES string of the molecule is CC(Br)C(=O)C(O)(O)C(=O)OC(C)(C)C.CC(Br)C(=O)C(O)(O)C(=O)OC(C)(C)C.CC(Br)C(=O)CC(=O)OC(C)(C)C.CC1(C)OC(=O)CC(=O)O1.C[C@@H]1S[C@@H]2[C@H](NC(=O)Cc3ccccc3)C(=O)N2[C@](O)(C(=O)OC(C)(C)C)C1=O.C[C@H]1S[C@@H]2[C@H](NC(=O)Cc3ccccc3)C(=O)N2[C@](O)(C(=O)OC(C)(C)C)C1=O.O=C(Cc1ccccc1)N[C@@H]1C(=O)N[C@@H]1S. The molecule has 0 bridgehead atoms. The van der Waals surface area contributed by atoms with Gasteiger partial charge in [-0.15, -0.1) is 23.5 Å². The zero-order valence-corrected chi connectivity index (χ0v) is 81.5. The van der Waals surface area contributed by atoms with Crippen molar-refractivity contribution in [2.75, 3.05) is 0 Å². The van der Waals surface area contributed by atoms with E-state index >= 15 is 0 Å². The number of thiol groups is 1. The number of ketones is 5. The van der Waals surface area contributed by atoms with Crippen LogP contribution in [0.1, 0.15) is 182 Å². The number of nitrogens with one attached hydrogen (secondary N) is 4. The molecule has 0 radical (unpaired) electrons. The summed E-state index contributed by atoms with van der Waals surface area (Å²) in [6.45, 7) is 34.8. The van der Waals surface area contributed by atoms with E-state index in [1.54, 1.807) is 149 Å². The van der Waals surface area contributed by atoms with Gasteiger partial charge in [0.15, 0.2) is 5.78 Å². The maximum atomic E-state index is 12.7. The number of thioether (sulfide) groups is 2. The van der Waals surface area contributed by atoms with Gasteiger partial charge in [0.2, 0.25) is 46.8 Å². The van der Waals surface area contributed by atoms with Crippen LogP contribution in [0.25, 0.3) is 0 Å². The van der Waals surface area contributed by atoms with Crippen LogP contribution in [-0.4, -0.2) is 263 Å². The fourth-order valence-electron chi connectivity index (χ4n) is 11.0. The molecular weight excluding hydrogens is 1920 g/mol. The molecule has 704 valence electrons. The van der Waals surface area contributed by atoms with Gasteiger partial charge >= 0.3 is 64.8 Å². The highest BCUT2D eigenvalue weighted by atomic mass is 79.9. The van der Waals surface area contributed by atoms with E-state index in [1.807, 2.05) is 66.7 Å². The molecule has 6 aliphatic heterocycles. The number of halogens is 3. The Bertz CT molecular complexity index is 4310. The van der Waals surface area contributed by atoms with Gasteiger partial charge in [0.25, 0.3) is 17.6 Å². The number of hydrogen-bond donors (Lipinski definition) is 11. The first kappa shape index (κ1) is 113. The van der Waals surface area contributed by atoms with E-state index in [0.717, 1.165) is 50.0 Å². The molecule has 3 aromatic carbocycles. The summed E-state index contributed by atoms with van der Waals surface area (Å²) in [6, 6.07) is 25.1. The summed E-state index contributed by atoms with van der Waals surface area (Å²) in [4.78, 5) is 211. The smallest absolute Gasteiger partial charge is 0.375 e. The molecule has 6 fully saturated rings. The van der Waals surface area contributed by atoms with Gasteiger partial charge in [-0.25, -0.2) is 19.2 Å². The molecule has 3 aromatic rings. The number of carbonyl (C=O) groups excluding carboxylic acids is 18. The van der Waals surface area contributed by atoms with Crippen LogP contribution >= 0.6 is 83.9 Å². The third kappa shape index (κ3) is 34.0. The largest absolute Gasteiger partial charge is 0.460 e. The van der Waals surface area contributed by atoms with Gasteiger partial charge in [-0.3, -0.25) is 76.9 Å². The molecule has 6 amide bonds. The topological polar surface area (TPSA) is 548 Å². The predicted octanol–water partition coefficient (Wildman–Crippen LogP) is 4.34. The maximum absolute atomic E-state index is 12.7. The molecule has 9 rings (SSSR count). The van der Waals surface area contributed by atoms with Gasteiger partial charge in [-0.2, -0.15) is 12.6 Å². The number of hydrogen-bond acceptors (Lipinski definition) is 34. The van der Waals surface area contributed by atoms with Crippen molar-refractivity contribution in [3.05, 3.63) is 108 Å². The molecule has 6 saturated heterocycles. The van der Waals surface area contributed by atoms with Gasteiger partial charge < -0.3 is 85.1 Å². The lowest BCUT2D eigenvalue weighted by atomic mass is 9.94. The van der Waals surface area contributed by atoms with Crippen molar-refractivity contribution >= 4 is 190 Å². The minimum atomic E-state index is -3.10. The van der Waals surface area contributed by atoms with E-state index in [2.05, 4.69) is 91.2 Å². The second kappa shape index (κ2) is 45.8. The van der Waals surface area contributed by atoms with Crippen LogP contribution in [0.5, 0.6) is 0 Å². The summed E-state index contributed by atoms with van der Waals surface area (Å²) in [5, 5.41) is 66.2. The second-order valence-electron chi connectivity index (χ2n) is 34.6. The Morgan fingerprint density at radius 3 is 1.01 bits per heavy atom. The van der Waals surface area contributed by atoms with Gasteiger partial charge in [0.05, 0.1) is 44.2 Å². The number of carbonyl (C=O) groups is 18. The maximum Gasteiger partial charge on any atom is 0.375 e. The fourth-order valence-corrected chi connectivity index (χ4v) is 15.0. The summed E-state index contributed by atoms with van der Waals surface area (Å²) in [5.74, 6) is -20.3. The number of cyclic esters (lactones) is 2. The zero-order valence-electron chi connectivity index (χ0n) is 74.2. The van der Waals surface area contributed by atoms with E-state index < -0.39 is 183 Å². The van der Waals surface area contributed by atoms with Crippen LogP contribution in [0.3, 0.4) is 0 Å². The number of ether oxygens (including phenoxy) is 7. The first-order valence-corrected chi connectivity index (χ1v) is 44.4. The number of β-lactam (4-membered cyclic amide) rings is 3. The third-order valence-electron chi connectivity index (χ3n) is 16.7. The quantitative estimate of drug-likeness (QED) is 0.0142. The van der Waals surface area contributed by atoms with Crippen molar-refractivity contribution in [1.29, 1.82) is 0 Å². The number of fused-ring (bicyclic) bond motifs is 2. The summed E-state index contributed by atoms with van der Waals surface area (Å²) >= 11 is 15.1. The summed E-state index contributed by atoms with van der Waals surface area (Å²) in [6.07, 6.45) is 0.0257. The van der Waals surface area contributed by atoms with E-state index in [9.17, 15) is 117 Å². The number of esters is 7. The Kier molecular flexibility index (Phi) is 40.6. The van der Waals surface area contributed by atoms with Gasteiger partial charge in [0.1, 0.15) is 75.1 Å². The molecule has 6 aliphatic rings. The van der Waals surface area contributed by atoms with E-state index in [0.29, 0.717) is 0 Å². The minimum absolute atomic E-state index is 0.0901. The number of amides is 6. The normalized spacial score (nSPS) is 22.9. The lowest BCUT2D eigenvalue weighted by Gasteiger charge is -2.56. The van der Waals surface area contributed by atoms with E-state index in [-0.39, 0.29) is 71.7 Å². The highest BCUT2D eigenvalue weighted by molar-refractivity contribution is 9.10. The Hall–Kier alpha value is -8.63. The number of alkyl halides is 3. The average Bonchev–Trinajstić information content (AvgIpc) is 0.707. The molecule has 127 heavy (non-hydrogen) atoms. The van der Waals surface area contributed by atoms with Crippen molar-refractivity contribution < 1.29 is 150 Å². The molecule has 43 heteroatoms. The monoisotopic (exact) mass is 2030 g/mol. The summed E-state index contributed by atoms with van der Waals surface area (Å²) < 4.78 is 34.1. The van der Waals surface area contributed by atoms with Gasteiger partial charge in [0, 0.05) is 13.8 Å². The standard InChI is InChI=1S/2C20H24N2O6S.C11H12N2O2S.2C9H15BrO5.C9H15BrO3.C6H8O4/c2*1-11-15(24)20(27,18(26)28-19(2,3)4)22-16(25)14(17(22)29-11)21-13(23)10-12-8-6-5-7-9-12;14-8(6-7-4-2-1-3-5-7)12-9-10(15)13-11(9)16;2*1-5(10)6(11)9(13,14)7(12)15-8(2,3)4;1-6(10)7(11)5-8(12)13-9(2,3)4;1-6(2)9-4(7)3-5(8)10-6/h2*5-9,11,14,17,27H,10H2,1-4H3,(H,21,23);1-5,9,11,16H,6H2,(H,12,14)(H,13,15);2*5,13-14H,1-4H3;6H,5H2,1-4H3;3H2,1-2H3/t11-,14+,17+,20+;11-,14-,17-,20-;9-,11-;;;;/m011..../s1. The predicted molar refractivity (Wildman–Crippen MR) is 472 cm³/mol. The van der Waals surface area contributed by atoms with Crippen LogP contribution < -0.4 is 21.3 Å². The molecule has 0 spiro atoms. The molecule has 13 atom stereocenters. The fraction of sp³-hybridized carbons (Fsp3) is 0.571. The highest BCUT2D eigenvalue weighted by Crippen LogP contribution is 2.47. The molecule has 3 unspecified atom stereocenters.